The summed E-state index contributed by atoms with van der Waals surface area (Å²) in [4.78, 5) is 22.1. The summed E-state index contributed by atoms with van der Waals surface area (Å²) in [6.45, 7) is 8.86. The fourth-order valence-electron chi connectivity index (χ4n) is 3.90. The molecule has 7 heteroatoms. The van der Waals surface area contributed by atoms with Crippen LogP contribution in [-0.4, -0.2) is 52.6 Å². The molecule has 0 aliphatic rings. The molecule has 4 rings (SSSR count). The van der Waals surface area contributed by atoms with E-state index in [1.807, 2.05) is 59.1 Å². The second-order valence-corrected chi connectivity index (χ2v) is 10.1. The molecule has 0 bridgehead atoms. The SMILES string of the molecule is CN(C)CCN(Cc1ccccc1)c1cc(NC(=O)c2ccc(C(C)(C)C)cc2)nc2ccnn12. The van der Waals surface area contributed by atoms with Crippen LogP contribution < -0.4 is 10.2 Å². The third kappa shape index (κ3) is 6.05. The Morgan fingerprint density at radius 1 is 0.971 bits per heavy atom. The summed E-state index contributed by atoms with van der Waals surface area (Å²) in [6, 6.07) is 21.9. The smallest absolute Gasteiger partial charge is 0.256 e. The van der Waals surface area contributed by atoms with Gasteiger partial charge in [0.2, 0.25) is 0 Å². The molecule has 2 heterocycles. The molecule has 35 heavy (non-hydrogen) atoms. The molecule has 182 valence electrons. The first kappa shape index (κ1) is 24.4. The van der Waals surface area contributed by atoms with Gasteiger partial charge >= 0.3 is 0 Å². The molecule has 1 N–H and O–H groups in total. The molecule has 0 unspecified atom stereocenters. The van der Waals surface area contributed by atoms with Gasteiger partial charge in [-0.1, -0.05) is 63.2 Å². The van der Waals surface area contributed by atoms with Crippen molar-refractivity contribution < 1.29 is 4.79 Å². The van der Waals surface area contributed by atoms with Gasteiger partial charge in [0.15, 0.2) is 5.65 Å². The summed E-state index contributed by atoms with van der Waals surface area (Å²) < 4.78 is 1.83. The molecule has 0 radical (unpaired) electrons. The van der Waals surface area contributed by atoms with E-state index in [0.29, 0.717) is 17.0 Å². The van der Waals surface area contributed by atoms with Crippen LogP contribution in [0, 0.1) is 0 Å². The van der Waals surface area contributed by atoms with E-state index < -0.39 is 0 Å². The second kappa shape index (κ2) is 10.3. The molecule has 0 fully saturated rings. The molecule has 0 saturated carbocycles. The Balaban J connectivity index is 1.64. The highest BCUT2D eigenvalue weighted by Crippen LogP contribution is 2.24. The minimum atomic E-state index is -0.185. The molecule has 4 aromatic rings. The van der Waals surface area contributed by atoms with Gasteiger partial charge in [-0.15, -0.1) is 0 Å². The Labute approximate surface area is 207 Å². The maximum absolute atomic E-state index is 13.0. The van der Waals surface area contributed by atoms with E-state index in [4.69, 9.17) is 0 Å². The zero-order valence-corrected chi connectivity index (χ0v) is 21.2. The third-order valence-electron chi connectivity index (χ3n) is 5.95. The third-order valence-corrected chi connectivity index (χ3v) is 5.95. The average Bonchev–Trinajstić information content (AvgIpc) is 3.30. The summed E-state index contributed by atoms with van der Waals surface area (Å²) in [5, 5.41) is 7.50. The summed E-state index contributed by atoms with van der Waals surface area (Å²) in [5.74, 6) is 1.19. The van der Waals surface area contributed by atoms with Crippen molar-refractivity contribution >= 4 is 23.2 Å². The van der Waals surface area contributed by atoms with Crippen LogP contribution in [0.4, 0.5) is 11.6 Å². The number of hydrogen-bond acceptors (Lipinski definition) is 5. The van der Waals surface area contributed by atoms with Crippen LogP contribution >= 0.6 is 0 Å². The number of carbonyl (C=O) groups is 1. The Bertz CT molecular complexity index is 1270. The Kier molecular flexibility index (Phi) is 7.17. The fourth-order valence-corrected chi connectivity index (χ4v) is 3.90. The summed E-state index contributed by atoms with van der Waals surface area (Å²) >= 11 is 0. The monoisotopic (exact) mass is 470 g/mol. The number of rotatable bonds is 8. The largest absolute Gasteiger partial charge is 0.351 e. The van der Waals surface area contributed by atoms with Gasteiger partial charge in [0.05, 0.1) is 6.20 Å². The van der Waals surface area contributed by atoms with Crippen LogP contribution in [0.2, 0.25) is 0 Å². The minimum Gasteiger partial charge on any atom is -0.351 e. The lowest BCUT2D eigenvalue weighted by Crippen LogP contribution is -2.33. The highest BCUT2D eigenvalue weighted by molar-refractivity contribution is 6.04. The van der Waals surface area contributed by atoms with E-state index in [1.165, 1.54) is 11.1 Å². The van der Waals surface area contributed by atoms with Crippen LogP contribution in [0.15, 0.2) is 72.9 Å². The molecular weight excluding hydrogens is 436 g/mol. The lowest BCUT2D eigenvalue weighted by atomic mass is 9.87. The number of benzene rings is 2. The number of carbonyl (C=O) groups excluding carboxylic acids is 1. The van der Waals surface area contributed by atoms with Crippen LogP contribution in [0.3, 0.4) is 0 Å². The van der Waals surface area contributed by atoms with Crippen molar-refractivity contribution in [2.45, 2.75) is 32.7 Å². The van der Waals surface area contributed by atoms with Crippen LogP contribution in [0.25, 0.3) is 5.65 Å². The maximum atomic E-state index is 13.0. The highest BCUT2D eigenvalue weighted by Gasteiger charge is 2.18. The van der Waals surface area contributed by atoms with Gasteiger partial charge in [-0.05, 0) is 42.8 Å². The normalized spacial score (nSPS) is 11.7. The first-order valence-electron chi connectivity index (χ1n) is 11.9. The molecule has 2 aromatic carbocycles. The number of nitrogens with zero attached hydrogens (tertiary/aromatic N) is 5. The number of aromatic nitrogens is 3. The van der Waals surface area contributed by atoms with Gasteiger partial charge in [0, 0.05) is 37.3 Å². The first-order chi connectivity index (χ1) is 16.7. The molecule has 0 atom stereocenters. The van der Waals surface area contributed by atoms with Crippen molar-refractivity contribution in [3.63, 3.8) is 0 Å². The Morgan fingerprint density at radius 3 is 2.34 bits per heavy atom. The molecule has 7 nitrogen and oxygen atoms in total. The first-order valence-corrected chi connectivity index (χ1v) is 11.9. The number of fused-ring (bicyclic) bond motifs is 1. The number of nitrogens with one attached hydrogen (secondary N) is 1. The van der Waals surface area contributed by atoms with Crippen molar-refractivity contribution in [2.75, 3.05) is 37.4 Å². The van der Waals surface area contributed by atoms with E-state index in [0.717, 1.165) is 25.5 Å². The zero-order chi connectivity index (χ0) is 25.0. The molecule has 2 aromatic heterocycles. The minimum absolute atomic E-state index is 0.0350. The summed E-state index contributed by atoms with van der Waals surface area (Å²) in [5.41, 5.74) is 3.71. The molecule has 0 spiro atoms. The number of likely N-dealkylation sites (N-methyl/N-ethyl adjacent to an activating group) is 1. The average molecular weight is 471 g/mol. The van der Waals surface area contributed by atoms with Crippen LogP contribution in [-0.2, 0) is 12.0 Å². The predicted octanol–water partition coefficient (Wildman–Crippen LogP) is 4.85. The van der Waals surface area contributed by atoms with Gasteiger partial charge in [-0.25, -0.2) is 4.98 Å². The molecule has 0 aliphatic carbocycles. The Hall–Kier alpha value is -3.71. The van der Waals surface area contributed by atoms with Crippen molar-refractivity contribution in [3.05, 3.63) is 89.6 Å². The standard InChI is InChI=1S/C28H34N6O/c1-28(2,3)23-13-11-22(12-14-23)27(35)31-24-19-26(34-25(30-24)15-16-29-34)33(18-17-32(4)5)20-21-9-7-6-8-10-21/h6-16,19H,17-18,20H2,1-5H3,(H,30,31,35). The van der Waals surface area contributed by atoms with E-state index >= 15 is 0 Å². The molecule has 0 aliphatic heterocycles. The molecular formula is C28H34N6O. The zero-order valence-electron chi connectivity index (χ0n) is 21.2. The van der Waals surface area contributed by atoms with Crippen molar-refractivity contribution in [1.82, 2.24) is 19.5 Å². The second-order valence-electron chi connectivity index (χ2n) is 10.1. The number of amides is 1. The highest BCUT2D eigenvalue weighted by atomic mass is 16.1. The molecule has 0 saturated heterocycles. The number of anilines is 2. The lowest BCUT2D eigenvalue weighted by molar-refractivity contribution is 0.102. The van der Waals surface area contributed by atoms with Crippen molar-refractivity contribution in [1.29, 1.82) is 0 Å². The van der Waals surface area contributed by atoms with Gasteiger partial charge < -0.3 is 15.1 Å². The molecule has 1 amide bonds. The van der Waals surface area contributed by atoms with Crippen LogP contribution in [0.5, 0.6) is 0 Å². The van der Waals surface area contributed by atoms with Gasteiger partial charge in [0.1, 0.15) is 11.6 Å². The fraction of sp³-hybridized carbons (Fsp3) is 0.321. The summed E-state index contributed by atoms with van der Waals surface area (Å²) in [6.07, 6.45) is 1.73. The van der Waals surface area contributed by atoms with E-state index in [1.54, 1.807) is 6.20 Å². The topological polar surface area (TPSA) is 65.8 Å². The predicted molar refractivity (Wildman–Crippen MR) is 142 cm³/mol. The van der Waals surface area contributed by atoms with E-state index in [9.17, 15) is 4.79 Å². The van der Waals surface area contributed by atoms with Crippen molar-refractivity contribution in [2.24, 2.45) is 0 Å². The van der Waals surface area contributed by atoms with Gasteiger partial charge in [-0.2, -0.15) is 9.61 Å². The van der Waals surface area contributed by atoms with Crippen LogP contribution in [0.1, 0.15) is 42.3 Å². The van der Waals surface area contributed by atoms with Crippen molar-refractivity contribution in [3.8, 4) is 0 Å². The van der Waals surface area contributed by atoms with Gasteiger partial charge in [-0.3, -0.25) is 4.79 Å². The van der Waals surface area contributed by atoms with E-state index in [2.05, 4.69) is 72.2 Å². The van der Waals surface area contributed by atoms with Gasteiger partial charge in [0.25, 0.3) is 5.91 Å². The summed E-state index contributed by atoms with van der Waals surface area (Å²) in [7, 11) is 4.13. The lowest BCUT2D eigenvalue weighted by Gasteiger charge is -2.27. The quantitative estimate of drug-likeness (QED) is 0.399. The Morgan fingerprint density at radius 2 is 1.69 bits per heavy atom. The number of hydrogen-bond donors (Lipinski definition) is 1. The maximum Gasteiger partial charge on any atom is 0.256 e. The van der Waals surface area contributed by atoms with E-state index in [-0.39, 0.29) is 11.3 Å².